The number of pyridine rings is 1. The Morgan fingerprint density at radius 3 is 2.90 bits per heavy atom. The van der Waals surface area contributed by atoms with Gasteiger partial charge < -0.3 is 20.5 Å². The van der Waals surface area contributed by atoms with E-state index < -0.39 is 0 Å². The molecule has 0 spiro atoms. The molecule has 4 N–H and O–H groups in total. The van der Waals surface area contributed by atoms with Gasteiger partial charge in [-0.15, -0.1) is 0 Å². The van der Waals surface area contributed by atoms with Crippen LogP contribution < -0.4 is 10.9 Å². The standard InChI is InChI=1S/C22H28BN4O2/c28-18-9-12-7-11-1-4-14(18)16(8-11)19(12)21(27-26-13-2-3-13)20-15-5-6-24-22(15)25-10-17(20)23-29/h5-6,10-14,16,18-19,26,28-29H,1-4,7-9H2,(H,24,25)/b27-21-. The minimum Gasteiger partial charge on any atom is -0.450 e. The van der Waals surface area contributed by atoms with Gasteiger partial charge in [0.1, 0.15) is 5.65 Å². The van der Waals surface area contributed by atoms with Crippen LogP contribution >= 0.6 is 0 Å². The van der Waals surface area contributed by atoms with Crippen molar-refractivity contribution in [3.05, 3.63) is 24.0 Å². The number of aromatic nitrogens is 2. The van der Waals surface area contributed by atoms with Crippen LogP contribution in [-0.2, 0) is 0 Å². The summed E-state index contributed by atoms with van der Waals surface area (Å²) in [5.41, 5.74) is 7.02. The molecule has 3 bridgehead atoms. The van der Waals surface area contributed by atoms with Crippen molar-refractivity contribution in [3.8, 4) is 0 Å². The largest absolute Gasteiger partial charge is 0.450 e. The summed E-state index contributed by atoms with van der Waals surface area (Å²) in [5, 5.41) is 26.9. The first-order valence-corrected chi connectivity index (χ1v) is 11.2. The van der Waals surface area contributed by atoms with Gasteiger partial charge in [0.2, 0.25) is 0 Å². The quantitative estimate of drug-likeness (QED) is 0.355. The Hall–Kier alpha value is -1.86. The fraction of sp³-hybridized carbons (Fsp3) is 0.636. The molecule has 6 atom stereocenters. The zero-order valence-corrected chi connectivity index (χ0v) is 16.6. The van der Waals surface area contributed by atoms with Crippen LogP contribution in [-0.4, -0.2) is 45.4 Å². The molecule has 0 aliphatic heterocycles. The van der Waals surface area contributed by atoms with Crippen LogP contribution in [0, 0.1) is 29.6 Å². The summed E-state index contributed by atoms with van der Waals surface area (Å²) in [6.45, 7) is 0. The molecule has 2 aromatic heterocycles. The summed E-state index contributed by atoms with van der Waals surface area (Å²) in [4.78, 5) is 7.68. The second-order valence-electron chi connectivity index (χ2n) is 9.69. The van der Waals surface area contributed by atoms with Crippen molar-refractivity contribution in [1.29, 1.82) is 0 Å². The average molecular weight is 391 g/mol. The third-order valence-electron chi connectivity index (χ3n) is 7.98. The second kappa shape index (κ2) is 6.84. The van der Waals surface area contributed by atoms with Gasteiger partial charge in [0.15, 0.2) is 0 Å². The van der Waals surface area contributed by atoms with Crippen molar-refractivity contribution < 1.29 is 10.1 Å². The maximum atomic E-state index is 10.8. The van der Waals surface area contributed by atoms with E-state index in [4.69, 9.17) is 5.10 Å². The number of fused-ring (bicyclic) bond motifs is 3. The highest BCUT2D eigenvalue weighted by Gasteiger charge is 2.53. The fourth-order valence-electron chi connectivity index (χ4n) is 6.58. The lowest BCUT2D eigenvalue weighted by atomic mass is 9.50. The summed E-state index contributed by atoms with van der Waals surface area (Å²) < 4.78 is 0. The molecular weight excluding hydrogens is 363 g/mol. The van der Waals surface area contributed by atoms with E-state index in [1.54, 1.807) is 6.20 Å². The molecule has 4 saturated carbocycles. The minimum absolute atomic E-state index is 0.172. The molecule has 6 nitrogen and oxygen atoms in total. The maximum absolute atomic E-state index is 10.8. The van der Waals surface area contributed by atoms with Gasteiger partial charge in [0.25, 0.3) is 0 Å². The van der Waals surface area contributed by atoms with E-state index in [1.165, 1.54) is 39.6 Å². The third-order valence-corrected chi connectivity index (χ3v) is 7.98. The molecule has 6 unspecified atom stereocenters. The van der Waals surface area contributed by atoms with E-state index in [9.17, 15) is 10.1 Å². The van der Waals surface area contributed by atoms with Crippen molar-refractivity contribution in [2.24, 2.45) is 34.7 Å². The Morgan fingerprint density at radius 2 is 2.07 bits per heavy atom. The Bertz CT molecular complexity index is 951. The number of aliphatic hydroxyl groups is 1. The van der Waals surface area contributed by atoms with Gasteiger partial charge in [-0.25, -0.2) is 4.98 Å². The number of nitrogens with zero attached hydrogens (tertiary/aromatic N) is 2. The molecule has 4 fully saturated rings. The van der Waals surface area contributed by atoms with Crippen molar-refractivity contribution in [1.82, 2.24) is 15.4 Å². The number of hydrogen-bond donors (Lipinski definition) is 4. The lowest BCUT2D eigenvalue weighted by molar-refractivity contribution is -0.0808. The molecule has 151 valence electrons. The Kier molecular flexibility index (Phi) is 4.24. The van der Waals surface area contributed by atoms with Crippen molar-refractivity contribution >= 4 is 29.7 Å². The summed E-state index contributed by atoms with van der Waals surface area (Å²) in [7, 11) is 1.17. The molecule has 0 aromatic carbocycles. The third kappa shape index (κ3) is 2.93. The molecule has 29 heavy (non-hydrogen) atoms. The molecule has 4 aliphatic carbocycles. The number of hydrogen-bond acceptors (Lipinski definition) is 5. The van der Waals surface area contributed by atoms with Gasteiger partial charge in [0, 0.05) is 35.3 Å². The van der Waals surface area contributed by atoms with Gasteiger partial charge in [-0.2, -0.15) is 5.10 Å². The Morgan fingerprint density at radius 1 is 1.17 bits per heavy atom. The molecule has 0 amide bonds. The average Bonchev–Trinajstić information content (AvgIpc) is 3.42. The van der Waals surface area contributed by atoms with Gasteiger partial charge >= 0.3 is 7.48 Å². The highest BCUT2D eigenvalue weighted by Crippen LogP contribution is 2.56. The van der Waals surface area contributed by atoms with E-state index >= 15 is 0 Å². The highest BCUT2D eigenvalue weighted by atomic mass is 16.3. The van der Waals surface area contributed by atoms with Crippen LogP contribution in [0.3, 0.4) is 0 Å². The van der Waals surface area contributed by atoms with E-state index in [0.29, 0.717) is 29.7 Å². The summed E-state index contributed by atoms with van der Waals surface area (Å²) in [6, 6.07) is 2.51. The summed E-state index contributed by atoms with van der Waals surface area (Å²) in [5.74, 6) is 2.44. The number of nitrogens with one attached hydrogen (secondary N) is 2. The monoisotopic (exact) mass is 391 g/mol. The van der Waals surface area contributed by atoms with Gasteiger partial charge in [-0.3, -0.25) is 0 Å². The summed E-state index contributed by atoms with van der Waals surface area (Å²) >= 11 is 0. The number of rotatable bonds is 5. The Balaban J connectivity index is 1.50. The second-order valence-corrected chi connectivity index (χ2v) is 9.69. The zero-order valence-electron chi connectivity index (χ0n) is 16.6. The molecule has 6 rings (SSSR count). The molecule has 7 heteroatoms. The lowest BCUT2D eigenvalue weighted by Crippen LogP contribution is -2.53. The van der Waals surface area contributed by atoms with Crippen molar-refractivity contribution in [2.45, 2.75) is 57.1 Å². The fourth-order valence-corrected chi connectivity index (χ4v) is 6.58. The number of aliphatic hydroxyl groups excluding tert-OH is 1. The van der Waals surface area contributed by atoms with Gasteiger partial charge in [0.05, 0.1) is 11.8 Å². The molecular formula is C22H28BN4O2. The topological polar surface area (TPSA) is 93.5 Å². The first-order valence-electron chi connectivity index (χ1n) is 11.2. The number of hydrazone groups is 1. The van der Waals surface area contributed by atoms with Crippen LogP contribution in [0.5, 0.6) is 0 Å². The van der Waals surface area contributed by atoms with Crippen LogP contribution in [0.25, 0.3) is 11.0 Å². The van der Waals surface area contributed by atoms with Gasteiger partial charge in [-0.1, -0.05) is 6.42 Å². The number of H-pyrrole nitrogens is 1. The molecule has 2 heterocycles. The van der Waals surface area contributed by atoms with Gasteiger partial charge in [-0.05, 0) is 73.7 Å². The van der Waals surface area contributed by atoms with Crippen molar-refractivity contribution in [3.63, 3.8) is 0 Å². The lowest BCUT2D eigenvalue weighted by Gasteiger charge is -2.55. The first kappa shape index (κ1) is 18.0. The molecule has 4 aliphatic rings. The zero-order chi connectivity index (χ0) is 19.5. The van der Waals surface area contributed by atoms with Crippen LogP contribution in [0.15, 0.2) is 23.6 Å². The minimum atomic E-state index is -0.172. The van der Waals surface area contributed by atoms with Crippen LogP contribution in [0.4, 0.5) is 0 Å². The maximum Gasteiger partial charge on any atom is 0.329 e. The van der Waals surface area contributed by atoms with E-state index in [2.05, 4.69) is 15.4 Å². The van der Waals surface area contributed by atoms with E-state index in [0.717, 1.165) is 46.5 Å². The van der Waals surface area contributed by atoms with Crippen molar-refractivity contribution in [2.75, 3.05) is 0 Å². The first-order chi connectivity index (χ1) is 14.2. The highest BCUT2D eigenvalue weighted by molar-refractivity contribution is 6.49. The van der Waals surface area contributed by atoms with E-state index in [1.807, 2.05) is 12.3 Å². The number of aromatic amines is 1. The van der Waals surface area contributed by atoms with E-state index in [-0.39, 0.29) is 6.10 Å². The Labute approximate surface area is 171 Å². The molecule has 1 radical (unpaired) electrons. The predicted molar refractivity (Wildman–Crippen MR) is 113 cm³/mol. The molecule has 0 saturated heterocycles. The summed E-state index contributed by atoms with van der Waals surface area (Å²) in [6.07, 6.45) is 11.5. The SMILES string of the molecule is O[B]c1cnc2[nH]ccc2c1/C(=N\NC1CC1)C1C2CC3CCC(C(O)C2)C1C3. The van der Waals surface area contributed by atoms with Crippen LogP contribution in [0.2, 0.25) is 0 Å². The smallest absolute Gasteiger partial charge is 0.329 e. The molecule has 2 aromatic rings. The van der Waals surface area contributed by atoms with Crippen LogP contribution in [0.1, 0.15) is 50.5 Å². The predicted octanol–water partition coefficient (Wildman–Crippen LogP) is 1.69. The normalized spacial score (nSPS) is 36.4.